The number of anilines is 1. The van der Waals surface area contributed by atoms with Gasteiger partial charge in [-0.25, -0.2) is 0 Å². The highest BCUT2D eigenvalue weighted by Crippen LogP contribution is 2.36. The van der Waals surface area contributed by atoms with Crippen molar-refractivity contribution in [3.63, 3.8) is 0 Å². The zero-order chi connectivity index (χ0) is 25.3. The molecule has 0 aliphatic carbocycles. The van der Waals surface area contributed by atoms with E-state index in [4.69, 9.17) is 19.4 Å². The second-order valence-electron chi connectivity index (χ2n) is 8.20. The highest BCUT2D eigenvalue weighted by Gasteiger charge is 2.14. The van der Waals surface area contributed by atoms with Gasteiger partial charge in [-0.3, -0.25) is 4.18 Å². The van der Waals surface area contributed by atoms with Crippen molar-refractivity contribution in [3.05, 3.63) is 77.9 Å². The Kier molecular flexibility index (Phi) is 10.00. The SMILES string of the molecule is Cc1ccc(S(=O)(=O)OCCOCCOc2ccc(Sc3ccccc3N)c(CN(C)C)c2)cc1. The first-order valence-corrected chi connectivity index (χ1v) is 13.4. The summed E-state index contributed by atoms with van der Waals surface area (Å²) in [5.41, 5.74) is 8.98. The molecule has 3 rings (SSSR count). The Balaban J connectivity index is 1.46. The third kappa shape index (κ3) is 8.55. The van der Waals surface area contributed by atoms with E-state index in [1.54, 1.807) is 23.9 Å². The van der Waals surface area contributed by atoms with E-state index >= 15 is 0 Å². The highest BCUT2D eigenvalue weighted by molar-refractivity contribution is 7.99. The molecular formula is C26H32N2O5S2. The molecule has 0 aliphatic rings. The number of para-hydroxylation sites is 1. The lowest BCUT2D eigenvalue weighted by molar-refractivity contribution is 0.0778. The topological polar surface area (TPSA) is 91.1 Å². The summed E-state index contributed by atoms with van der Waals surface area (Å²) in [6.45, 7) is 3.39. The van der Waals surface area contributed by atoms with Gasteiger partial charge in [-0.05, 0) is 69.0 Å². The van der Waals surface area contributed by atoms with Crippen LogP contribution in [-0.4, -0.2) is 53.8 Å². The van der Waals surface area contributed by atoms with Crippen molar-refractivity contribution >= 4 is 27.6 Å². The molecule has 0 aliphatic heterocycles. The maximum Gasteiger partial charge on any atom is 0.297 e. The van der Waals surface area contributed by atoms with E-state index < -0.39 is 10.1 Å². The standard InChI is InChI=1S/C26H32N2O5S2/c1-20-8-11-23(12-9-20)35(29,30)33-17-15-31-14-16-32-22-10-13-25(21(18-22)19-28(2)3)34-26-7-5-4-6-24(26)27/h4-13,18H,14-17,19,27H2,1-3H3. The number of nitrogens with zero attached hydrogens (tertiary/aromatic N) is 1. The van der Waals surface area contributed by atoms with Gasteiger partial charge in [0.15, 0.2) is 0 Å². The second-order valence-corrected chi connectivity index (χ2v) is 10.9. The fourth-order valence-corrected chi connectivity index (χ4v) is 5.05. The van der Waals surface area contributed by atoms with Crippen molar-refractivity contribution in [2.24, 2.45) is 0 Å². The van der Waals surface area contributed by atoms with Crippen molar-refractivity contribution < 1.29 is 22.1 Å². The predicted octanol–water partition coefficient (Wildman–Crippen LogP) is 4.59. The minimum atomic E-state index is -3.78. The molecule has 0 amide bonds. The predicted molar refractivity (Wildman–Crippen MR) is 139 cm³/mol. The average Bonchev–Trinajstić information content (AvgIpc) is 2.81. The van der Waals surface area contributed by atoms with Gasteiger partial charge in [0.05, 0.1) is 24.7 Å². The Bertz CT molecular complexity index is 1200. The lowest BCUT2D eigenvalue weighted by Gasteiger charge is -2.16. The molecule has 7 nitrogen and oxygen atoms in total. The third-order valence-corrected chi connectivity index (χ3v) is 7.47. The third-order valence-electron chi connectivity index (χ3n) is 4.93. The van der Waals surface area contributed by atoms with Crippen molar-refractivity contribution in [2.75, 3.05) is 46.3 Å². The summed E-state index contributed by atoms with van der Waals surface area (Å²) >= 11 is 1.63. The number of ether oxygens (including phenoxy) is 2. The molecule has 0 saturated heterocycles. The van der Waals surface area contributed by atoms with Gasteiger partial charge in [-0.15, -0.1) is 0 Å². The number of rotatable bonds is 13. The molecule has 0 spiro atoms. The molecule has 0 bridgehead atoms. The van der Waals surface area contributed by atoms with E-state index in [-0.39, 0.29) is 18.1 Å². The number of hydrogen-bond acceptors (Lipinski definition) is 8. The van der Waals surface area contributed by atoms with Crippen molar-refractivity contribution in [1.29, 1.82) is 0 Å². The number of nitrogen functional groups attached to an aromatic ring is 1. The first-order valence-electron chi connectivity index (χ1n) is 11.2. The molecule has 3 aromatic rings. The van der Waals surface area contributed by atoms with Crippen LogP contribution in [0.2, 0.25) is 0 Å². The van der Waals surface area contributed by atoms with Crippen LogP contribution in [0.5, 0.6) is 5.75 Å². The summed E-state index contributed by atoms with van der Waals surface area (Å²) in [6.07, 6.45) is 0. The normalized spacial score (nSPS) is 11.7. The van der Waals surface area contributed by atoms with Crippen LogP contribution in [0.15, 0.2) is 81.4 Å². The van der Waals surface area contributed by atoms with Crippen molar-refractivity contribution in [2.45, 2.75) is 28.2 Å². The molecule has 3 aromatic carbocycles. The first kappa shape index (κ1) is 27.0. The fourth-order valence-electron chi connectivity index (χ4n) is 3.20. The summed E-state index contributed by atoms with van der Waals surface area (Å²) in [6, 6.07) is 20.3. The maximum absolute atomic E-state index is 12.2. The number of benzene rings is 3. The Hall–Kier alpha value is -2.56. The summed E-state index contributed by atoms with van der Waals surface area (Å²) in [7, 11) is 0.261. The fraction of sp³-hybridized carbons (Fsp3) is 0.308. The van der Waals surface area contributed by atoms with Crippen LogP contribution in [0.1, 0.15) is 11.1 Å². The molecule has 0 radical (unpaired) electrons. The van der Waals surface area contributed by atoms with Gasteiger partial charge in [0.25, 0.3) is 10.1 Å². The molecule has 0 heterocycles. The van der Waals surface area contributed by atoms with Gasteiger partial charge in [-0.1, -0.05) is 41.6 Å². The number of nitrogens with two attached hydrogens (primary N) is 1. The quantitative estimate of drug-likeness (QED) is 0.200. The molecule has 35 heavy (non-hydrogen) atoms. The van der Waals surface area contributed by atoms with E-state index in [2.05, 4.69) is 4.90 Å². The molecule has 2 N–H and O–H groups in total. The molecule has 188 valence electrons. The number of hydrogen-bond donors (Lipinski definition) is 1. The van der Waals surface area contributed by atoms with Gasteiger partial charge in [0, 0.05) is 22.0 Å². The minimum absolute atomic E-state index is 0.0578. The largest absolute Gasteiger partial charge is 0.491 e. The molecule has 9 heteroatoms. The Morgan fingerprint density at radius 3 is 2.31 bits per heavy atom. The molecular weight excluding hydrogens is 484 g/mol. The van der Waals surface area contributed by atoms with Gasteiger partial charge >= 0.3 is 0 Å². The zero-order valence-corrected chi connectivity index (χ0v) is 21.9. The smallest absolute Gasteiger partial charge is 0.297 e. The Morgan fingerprint density at radius 2 is 1.60 bits per heavy atom. The molecule has 0 atom stereocenters. The van der Waals surface area contributed by atoms with E-state index in [0.717, 1.165) is 38.9 Å². The molecule has 0 fully saturated rings. The van der Waals surface area contributed by atoms with Crippen LogP contribution in [0.25, 0.3) is 0 Å². The molecule has 0 unspecified atom stereocenters. The molecule has 0 saturated carbocycles. The Labute approximate surface area is 212 Å². The first-order chi connectivity index (χ1) is 16.7. The minimum Gasteiger partial charge on any atom is -0.491 e. The second kappa shape index (κ2) is 12.9. The summed E-state index contributed by atoms with van der Waals surface area (Å²) in [5, 5.41) is 0. The van der Waals surface area contributed by atoms with Gasteiger partial charge in [-0.2, -0.15) is 8.42 Å². The lowest BCUT2D eigenvalue weighted by atomic mass is 10.2. The van der Waals surface area contributed by atoms with Gasteiger partial charge in [0.1, 0.15) is 12.4 Å². The van der Waals surface area contributed by atoms with E-state index in [1.807, 2.05) is 63.5 Å². The monoisotopic (exact) mass is 516 g/mol. The summed E-state index contributed by atoms with van der Waals surface area (Å²) < 4.78 is 40.7. The maximum atomic E-state index is 12.2. The van der Waals surface area contributed by atoms with Crippen LogP contribution in [-0.2, 0) is 25.6 Å². The zero-order valence-electron chi connectivity index (χ0n) is 20.3. The van der Waals surface area contributed by atoms with E-state index in [0.29, 0.717) is 13.2 Å². The molecule has 0 aromatic heterocycles. The van der Waals surface area contributed by atoms with Crippen LogP contribution in [0, 0.1) is 6.92 Å². The summed E-state index contributed by atoms with van der Waals surface area (Å²) in [5.74, 6) is 0.744. The highest BCUT2D eigenvalue weighted by atomic mass is 32.2. The van der Waals surface area contributed by atoms with Crippen LogP contribution in [0.3, 0.4) is 0 Å². The number of aryl methyl sites for hydroxylation is 1. The Morgan fingerprint density at radius 1 is 0.886 bits per heavy atom. The average molecular weight is 517 g/mol. The van der Waals surface area contributed by atoms with Crippen LogP contribution < -0.4 is 10.5 Å². The van der Waals surface area contributed by atoms with Gasteiger partial charge in [0.2, 0.25) is 0 Å². The lowest BCUT2D eigenvalue weighted by Crippen LogP contribution is -2.14. The van der Waals surface area contributed by atoms with Gasteiger partial charge < -0.3 is 20.1 Å². The summed E-state index contributed by atoms with van der Waals surface area (Å²) in [4.78, 5) is 4.37. The van der Waals surface area contributed by atoms with Crippen LogP contribution >= 0.6 is 11.8 Å². The van der Waals surface area contributed by atoms with Crippen molar-refractivity contribution in [3.8, 4) is 5.75 Å². The van der Waals surface area contributed by atoms with Crippen LogP contribution in [0.4, 0.5) is 5.69 Å². The van der Waals surface area contributed by atoms with E-state index in [9.17, 15) is 8.42 Å². The van der Waals surface area contributed by atoms with E-state index in [1.165, 1.54) is 12.1 Å². The van der Waals surface area contributed by atoms with Crippen molar-refractivity contribution in [1.82, 2.24) is 4.90 Å².